The van der Waals surface area contributed by atoms with Gasteiger partial charge in [-0.3, -0.25) is 4.79 Å². The molecule has 1 nitrogen and oxygen atoms in total. The number of carbonyl (C=O) groups is 1. The first kappa shape index (κ1) is 12.0. The van der Waals surface area contributed by atoms with Crippen LogP contribution in [0.25, 0.3) is 0 Å². The second kappa shape index (κ2) is 4.57. The molecule has 1 unspecified atom stereocenters. The van der Waals surface area contributed by atoms with Crippen molar-refractivity contribution in [2.45, 2.75) is 18.8 Å². The minimum absolute atomic E-state index is 0.0249. The van der Waals surface area contributed by atoms with E-state index in [1.165, 1.54) is 6.07 Å². The van der Waals surface area contributed by atoms with Gasteiger partial charge in [-0.15, -0.1) is 0 Å². The normalized spacial score (nSPS) is 17.3. The number of hydrogen-bond donors (Lipinski definition) is 0. The Morgan fingerprint density at radius 3 is 2.68 bits per heavy atom. The van der Waals surface area contributed by atoms with Crippen molar-refractivity contribution in [3.8, 4) is 0 Å². The van der Waals surface area contributed by atoms with E-state index in [4.69, 9.17) is 0 Å². The molecule has 0 aliphatic heterocycles. The lowest BCUT2D eigenvalue weighted by molar-refractivity contribution is 0.0955. The number of carbonyl (C=O) groups excluding carboxylic acids is 1. The van der Waals surface area contributed by atoms with Crippen molar-refractivity contribution in [2.75, 3.05) is 0 Å². The maximum absolute atomic E-state index is 13.7. The predicted molar refractivity (Wildman–Crippen MR) is 68.2 cm³/mol. The van der Waals surface area contributed by atoms with E-state index in [-0.39, 0.29) is 17.3 Å². The number of fused-ring (bicyclic) bond motifs is 1. The first-order chi connectivity index (χ1) is 9.16. The Balaban J connectivity index is 1.98. The Morgan fingerprint density at radius 1 is 1.11 bits per heavy atom. The zero-order valence-electron chi connectivity index (χ0n) is 10.2. The zero-order chi connectivity index (χ0) is 13.4. The highest BCUT2D eigenvalue weighted by atomic mass is 19.1. The summed E-state index contributed by atoms with van der Waals surface area (Å²) in [6.45, 7) is 0. The summed E-state index contributed by atoms with van der Waals surface area (Å²) >= 11 is 0. The third kappa shape index (κ3) is 2.05. The minimum atomic E-state index is -0.783. The summed E-state index contributed by atoms with van der Waals surface area (Å²) in [6, 6.07) is 10.8. The average Bonchev–Trinajstić information content (AvgIpc) is 2.82. The number of aryl methyl sites for hydroxylation is 1. The molecule has 0 saturated carbocycles. The van der Waals surface area contributed by atoms with E-state index in [9.17, 15) is 13.6 Å². The van der Waals surface area contributed by atoms with Crippen LogP contribution in [-0.2, 0) is 6.42 Å². The summed E-state index contributed by atoms with van der Waals surface area (Å²) in [4.78, 5) is 12.4. The van der Waals surface area contributed by atoms with Crippen LogP contribution in [0.15, 0.2) is 42.5 Å². The quantitative estimate of drug-likeness (QED) is 0.747. The molecule has 0 spiro atoms. The Morgan fingerprint density at radius 2 is 1.89 bits per heavy atom. The Hall–Kier alpha value is -2.03. The van der Waals surface area contributed by atoms with Crippen LogP contribution in [0.2, 0.25) is 0 Å². The monoisotopic (exact) mass is 258 g/mol. The van der Waals surface area contributed by atoms with Crippen molar-refractivity contribution in [2.24, 2.45) is 0 Å². The maximum atomic E-state index is 13.7. The van der Waals surface area contributed by atoms with E-state index in [2.05, 4.69) is 0 Å². The van der Waals surface area contributed by atoms with Crippen LogP contribution < -0.4 is 0 Å². The van der Waals surface area contributed by atoms with Gasteiger partial charge in [-0.25, -0.2) is 8.78 Å². The molecular formula is C16H12F2O. The standard InChI is InChI=1S/C16H12F2O/c17-11-6-8-14(15(18)9-11)16(19)13-7-5-10-3-1-2-4-12(10)13/h1-4,6,8-9,13H,5,7H2. The van der Waals surface area contributed by atoms with Crippen LogP contribution >= 0.6 is 0 Å². The molecule has 0 fully saturated rings. The maximum Gasteiger partial charge on any atom is 0.173 e. The molecule has 1 aliphatic carbocycles. The van der Waals surface area contributed by atoms with E-state index < -0.39 is 11.6 Å². The fraction of sp³-hybridized carbons (Fsp3) is 0.188. The molecule has 1 aliphatic rings. The first-order valence-electron chi connectivity index (χ1n) is 6.24. The minimum Gasteiger partial charge on any atom is -0.293 e. The van der Waals surface area contributed by atoms with Gasteiger partial charge in [0.05, 0.1) is 5.56 Å². The molecule has 19 heavy (non-hydrogen) atoms. The summed E-state index contributed by atoms with van der Waals surface area (Å²) in [6.07, 6.45) is 1.52. The zero-order valence-corrected chi connectivity index (χ0v) is 10.2. The lowest BCUT2D eigenvalue weighted by atomic mass is 9.92. The summed E-state index contributed by atoms with van der Waals surface area (Å²) in [5.41, 5.74) is 2.09. The molecule has 1 atom stereocenters. The summed E-state index contributed by atoms with van der Waals surface area (Å²) in [7, 11) is 0. The fourth-order valence-electron chi connectivity index (χ4n) is 2.71. The summed E-state index contributed by atoms with van der Waals surface area (Å²) in [5.74, 6) is -2.02. The highest BCUT2D eigenvalue weighted by Gasteiger charge is 2.30. The molecule has 0 amide bonds. The van der Waals surface area contributed by atoms with Crippen LogP contribution in [0.4, 0.5) is 8.78 Å². The van der Waals surface area contributed by atoms with Crippen molar-refractivity contribution >= 4 is 5.78 Å². The van der Waals surface area contributed by atoms with Gasteiger partial charge in [0.2, 0.25) is 0 Å². The Kier molecular flexibility index (Phi) is 2.90. The predicted octanol–water partition coefficient (Wildman–Crippen LogP) is 3.88. The molecule has 2 aromatic rings. The van der Waals surface area contributed by atoms with E-state index in [1.807, 2.05) is 24.3 Å². The average molecular weight is 258 g/mol. The molecular weight excluding hydrogens is 246 g/mol. The van der Waals surface area contributed by atoms with Crippen molar-refractivity contribution in [3.05, 3.63) is 70.8 Å². The molecule has 96 valence electrons. The van der Waals surface area contributed by atoms with Crippen LogP contribution in [0.5, 0.6) is 0 Å². The van der Waals surface area contributed by atoms with Gasteiger partial charge in [0.1, 0.15) is 11.6 Å². The van der Waals surface area contributed by atoms with E-state index in [1.54, 1.807) is 0 Å². The van der Waals surface area contributed by atoms with Crippen LogP contribution in [0.1, 0.15) is 33.8 Å². The molecule has 0 heterocycles. The number of ketones is 1. The third-order valence-corrected chi connectivity index (χ3v) is 3.65. The van der Waals surface area contributed by atoms with Crippen molar-refractivity contribution in [3.63, 3.8) is 0 Å². The van der Waals surface area contributed by atoms with Crippen molar-refractivity contribution < 1.29 is 13.6 Å². The van der Waals surface area contributed by atoms with E-state index in [0.717, 1.165) is 29.7 Å². The largest absolute Gasteiger partial charge is 0.293 e. The highest BCUT2D eigenvalue weighted by molar-refractivity contribution is 6.01. The molecule has 0 saturated heterocycles. The van der Waals surface area contributed by atoms with Crippen LogP contribution in [0, 0.1) is 11.6 Å². The molecule has 2 aromatic carbocycles. The number of rotatable bonds is 2. The highest BCUT2D eigenvalue weighted by Crippen LogP contribution is 2.35. The molecule has 0 bridgehead atoms. The Bertz CT molecular complexity index is 649. The number of hydrogen-bond acceptors (Lipinski definition) is 1. The smallest absolute Gasteiger partial charge is 0.173 e. The molecule has 0 aromatic heterocycles. The third-order valence-electron chi connectivity index (χ3n) is 3.65. The number of Topliss-reactive ketones (excluding diaryl/α,β-unsaturated/α-hetero) is 1. The second-order valence-corrected chi connectivity index (χ2v) is 4.78. The van der Waals surface area contributed by atoms with Gasteiger partial charge >= 0.3 is 0 Å². The summed E-state index contributed by atoms with van der Waals surface area (Å²) in [5, 5.41) is 0. The van der Waals surface area contributed by atoms with Gasteiger partial charge in [-0.2, -0.15) is 0 Å². The molecule has 0 radical (unpaired) electrons. The number of halogens is 2. The van der Waals surface area contributed by atoms with Gasteiger partial charge < -0.3 is 0 Å². The van der Waals surface area contributed by atoms with E-state index >= 15 is 0 Å². The van der Waals surface area contributed by atoms with Gasteiger partial charge in [0, 0.05) is 12.0 Å². The molecule has 3 heteroatoms. The van der Waals surface area contributed by atoms with Crippen molar-refractivity contribution in [1.29, 1.82) is 0 Å². The first-order valence-corrected chi connectivity index (χ1v) is 6.24. The lowest BCUT2D eigenvalue weighted by Gasteiger charge is -2.11. The number of benzene rings is 2. The van der Waals surface area contributed by atoms with Crippen LogP contribution in [-0.4, -0.2) is 5.78 Å². The van der Waals surface area contributed by atoms with Crippen LogP contribution in [0.3, 0.4) is 0 Å². The second-order valence-electron chi connectivity index (χ2n) is 4.78. The van der Waals surface area contributed by atoms with Gasteiger partial charge in [0.25, 0.3) is 0 Å². The Labute approximate surface area is 109 Å². The fourth-order valence-corrected chi connectivity index (χ4v) is 2.71. The van der Waals surface area contributed by atoms with Gasteiger partial charge in [0.15, 0.2) is 5.78 Å². The molecule has 0 N–H and O–H groups in total. The lowest BCUT2D eigenvalue weighted by Crippen LogP contribution is -2.12. The van der Waals surface area contributed by atoms with Gasteiger partial charge in [-0.05, 0) is 36.1 Å². The summed E-state index contributed by atoms with van der Waals surface area (Å²) < 4.78 is 26.5. The van der Waals surface area contributed by atoms with E-state index in [0.29, 0.717) is 6.42 Å². The molecule has 3 rings (SSSR count). The van der Waals surface area contributed by atoms with Gasteiger partial charge in [-0.1, -0.05) is 24.3 Å². The SMILES string of the molecule is O=C(c1ccc(F)cc1F)C1CCc2ccccc21. The topological polar surface area (TPSA) is 17.1 Å². The van der Waals surface area contributed by atoms with Crippen molar-refractivity contribution in [1.82, 2.24) is 0 Å².